The second kappa shape index (κ2) is 10.5. The van der Waals surface area contributed by atoms with Gasteiger partial charge in [0.15, 0.2) is 0 Å². The molecule has 0 saturated carbocycles. The fraction of sp³-hybridized carbons (Fsp3) is 0.273. The van der Waals surface area contributed by atoms with Crippen molar-refractivity contribution in [3.05, 3.63) is 70.5 Å². The largest absolute Gasteiger partial charge is 0.496 e. The summed E-state index contributed by atoms with van der Waals surface area (Å²) in [5.41, 5.74) is 0.410. The Bertz CT molecular complexity index is 953. The van der Waals surface area contributed by atoms with E-state index in [9.17, 15) is 22.8 Å². The topological polar surface area (TPSA) is 73.9 Å². The molecule has 0 bridgehead atoms. The lowest BCUT2D eigenvalue weighted by atomic mass is 10.1. The Labute approximate surface area is 177 Å². The molecule has 0 aliphatic rings. The summed E-state index contributed by atoms with van der Waals surface area (Å²) in [6.07, 6.45) is -3.00. The second-order valence-corrected chi connectivity index (χ2v) is 6.27. The molecule has 2 aromatic carbocycles. The maximum absolute atomic E-state index is 12.7. The van der Waals surface area contributed by atoms with Gasteiger partial charge in [-0.3, -0.25) is 4.79 Å². The number of amides is 1. The van der Waals surface area contributed by atoms with Crippen LogP contribution in [0.3, 0.4) is 0 Å². The number of benzene rings is 2. The number of carbonyl (C=O) groups excluding carboxylic acids is 2. The highest BCUT2D eigenvalue weighted by Crippen LogP contribution is 2.29. The van der Waals surface area contributed by atoms with Gasteiger partial charge in [-0.2, -0.15) is 13.2 Å². The third-order valence-electron chi connectivity index (χ3n) is 4.20. The number of nitrogens with one attached hydrogen (secondary N) is 1. The van der Waals surface area contributed by atoms with Crippen molar-refractivity contribution in [1.82, 2.24) is 5.32 Å². The molecule has 0 unspecified atom stereocenters. The van der Waals surface area contributed by atoms with Gasteiger partial charge in [-0.25, -0.2) is 4.79 Å². The number of alkyl halides is 3. The molecule has 0 aromatic heterocycles. The zero-order valence-corrected chi connectivity index (χ0v) is 17.2. The van der Waals surface area contributed by atoms with Crippen molar-refractivity contribution in [1.29, 1.82) is 0 Å². The van der Waals surface area contributed by atoms with E-state index in [1.165, 1.54) is 38.5 Å². The van der Waals surface area contributed by atoms with Crippen molar-refractivity contribution >= 4 is 18.0 Å². The smallest absolute Gasteiger partial charge is 0.416 e. The van der Waals surface area contributed by atoms with Crippen LogP contribution >= 0.6 is 0 Å². The molecule has 1 N–H and O–H groups in total. The highest BCUT2D eigenvalue weighted by molar-refractivity contribution is 5.98. The number of ether oxygens (including phenoxy) is 3. The first-order valence-corrected chi connectivity index (χ1v) is 9.24. The van der Waals surface area contributed by atoms with Crippen molar-refractivity contribution in [3.63, 3.8) is 0 Å². The molecular formula is C22H22F3NO5. The van der Waals surface area contributed by atoms with Gasteiger partial charge in [0, 0.05) is 6.54 Å². The lowest BCUT2D eigenvalue weighted by Crippen LogP contribution is -2.23. The summed E-state index contributed by atoms with van der Waals surface area (Å²) >= 11 is 0. The minimum absolute atomic E-state index is 0.0202. The molecule has 2 aromatic rings. The maximum Gasteiger partial charge on any atom is 0.416 e. The molecule has 166 valence electrons. The van der Waals surface area contributed by atoms with Gasteiger partial charge in [0.25, 0.3) is 5.91 Å². The molecule has 0 aliphatic carbocycles. The van der Waals surface area contributed by atoms with Gasteiger partial charge in [0.05, 0.1) is 32.0 Å². The Kier molecular flexibility index (Phi) is 8.07. The minimum Gasteiger partial charge on any atom is -0.496 e. The summed E-state index contributed by atoms with van der Waals surface area (Å²) in [5.74, 6) is -0.892. The zero-order chi connectivity index (χ0) is 23.0. The molecule has 0 aliphatic heterocycles. The van der Waals surface area contributed by atoms with Crippen molar-refractivity contribution in [3.8, 4) is 5.75 Å². The SMILES string of the molecule is CCOC(=O)C(=Cc1ccc(OC)c(C(=O)NCc2ccc(C(F)(F)F)cc2)c1)OC. The van der Waals surface area contributed by atoms with Crippen LogP contribution in [0.2, 0.25) is 0 Å². The average Bonchev–Trinajstić information content (AvgIpc) is 2.75. The Hall–Kier alpha value is -3.49. The van der Waals surface area contributed by atoms with Gasteiger partial charge in [0.2, 0.25) is 5.76 Å². The lowest BCUT2D eigenvalue weighted by Gasteiger charge is -2.12. The Balaban J connectivity index is 2.19. The molecule has 1 amide bonds. The normalized spacial score (nSPS) is 11.6. The molecule has 0 saturated heterocycles. The summed E-state index contributed by atoms with van der Waals surface area (Å²) < 4.78 is 53.1. The molecule has 31 heavy (non-hydrogen) atoms. The summed E-state index contributed by atoms with van der Waals surface area (Å²) in [4.78, 5) is 24.5. The molecule has 6 nitrogen and oxygen atoms in total. The van der Waals surface area contributed by atoms with Crippen molar-refractivity contribution in [2.75, 3.05) is 20.8 Å². The molecule has 2 rings (SSSR count). The first-order valence-electron chi connectivity index (χ1n) is 9.24. The molecule has 0 atom stereocenters. The van der Waals surface area contributed by atoms with Crippen LogP contribution in [0.1, 0.15) is 34.0 Å². The van der Waals surface area contributed by atoms with E-state index in [-0.39, 0.29) is 30.2 Å². The summed E-state index contributed by atoms with van der Waals surface area (Å²) in [7, 11) is 2.72. The van der Waals surface area contributed by atoms with Crippen LogP contribution in [-0.4, -0.2) is 32.7 Å². The third-order valence-corrected chi connectivity index (χ3v) is 4.20. The van der Waals surface area contributed by atoms with Gasteiger partial charge in [-0.15, -0.1) is 0 Å². The lowest BCUT2D eigenvalue weighted by molar-refractivity contribution is -0.142. The summed E-state index contributed by atoms with van der Waals surface area (Å²) in [6.45, 7) is 1.86. The first kappa shape index (κ1) is 23.8. The van der Waals surface area contributed by atoms with Crippen LogP contribution in [0.5, 0.6) is 5.75 Å². The number of esters is 1. The van der Waals surface area contributed by atoms with E-state index >= 15 is 0 Å². The van der Waals surface area contributed by atoms with E-state index in [0.29, 0.717) is 11.1 Å². The van der Waals surface area contributed by atoms with Crippen LogP contribution in [0.15, 0.2) is 48.2 Å². The maximum atomic E-state index is 12.7. The van der Waals surface area contributed by atoms with Crippen LogP contribution in [0.25, 0.3) is 6.08 Å². The Morgan fingerprint density at radius 1 is 1.06 bits per heavy atom. The number of carbonyl (C=O) groups is 2. The summed E-state index contributed by atoms with van der Waals surface area (Å²) in [5, 5.41) is 2.64. The van der Waals surface area contributed by atoms with E-state index in [0.717, 1.165) is 12.1 Å². The van der Waals surface area contributed by atoms with Crippen LogP contribution in [0, 0.1) is 0 Å². The highest BCUT2D eigenvalue weighted by Gasteiger charge is 2.29. The highest BCUT2D eigenvalue weighted by atomic mass is 19.4. The predicted molar refractivity (Wildman–Crippen MR) is 107 cm³/mol. The second-order valence-electron chi connectivity index (χ2n) is 6.27. The molecule has 0 spiro atoms. The predicted octanol–water partition coefficient (Wildman–Crippen LogP) is 4.19. The Morgan fingerprint density at radius 2 is 1.74 bits per heavy atom. The van der Waals surface area contributed by atoms with Crippen molar-refractivity contribution < 1.29 is 37.0 Å². The number of rotatable bonds is 8. The van der Waals surface area contributed by atoms with Gasteiger partial charge < -0.3 is 19.5 Å². The van der Waals surface area contributed by atoms with E-state index < -0.39 is 23.6 Å². The fourth-order valence-electron chi connectivity index (χ4n) is 2.64. The average molecular weight is 437 g/mol. The molecular weight excluding hydrogens is 415 g/mol. The standard InChI is InChI=1S/C22H22F3NO5/c1-4-31-21(28)19(30-3)12-15-7-10-18(29-2)17(11-15)20(27)26-13-14-5-8-16(9-6-14)22(23,24)25/h5-12H,4,13H2,1-3H3,(H,26,27). The molecule has 9 heteroatoms. The molecule has 0 fully saturated rings. The first-order chi connectivity index (χ1) is 14.7. The van der Waals surface area contributed by atoms with E-state index in [1.807, 2.05) is 0 Å². The van der Waals surface area contributed by atoms with Gasteiger partial charge in [-0.1, -0.05) is 18.2 Å². The van der Waals surface area contributed by atoms with Crippen LogP contribution in [-0.2, 0) is 27.0 Å². The Morgan fingerprint density at radius 3 is 2.29 bits per heavy atom. The third kappa shape index (κ3) is 6.50. The molecule has 0 heterocycles. The van der Waals surface area contributed by atoms with Crippen molar-refractivity contribution in [2.24, 2.45) is 0 Å². The number of methoxy groups -OCH3 is 2. The number of halogens is 3. The number of hydrogen-bond acceptors (Lipinski definition) is 5. The fourth-order valence-corrected chi connectivity index (χ4v) is 2.64. The summed E-state index contributed by atoms with van der Waals surface area (Å²) in [6, 6.07) is 9.18. The van der Waals surface area contributed by atoms with Gasteiger partial charge >= 0.3 is 12.1 Å². The van der Waals surface area contributed by atoms with Crippen LogP contribution in [0.4, 0.5) is 13.2 Å². The van der Waals surface area contributed by atoms with E-state index in [2.05, 4.69) is 5.32 Å². The van der Waals surface area contributed by atoms with Crippen LogP contribution < -0.4 is 10.1 Å². The van der Waals surface area contributed by atoms with Gasteiger partial charge in [-0.05, 0) is 48.4 Å². The van der Waals surface area contributed by atoms with Crippen molar-refractivity contribution in [2.45, 2.75) is 19.6 Å². The van der Waals surface area contributed by atoms with E-state index in [4.69, 9.17) is 14.2 Å². The monoisotopic (exact) mass is 437 g/mol. The minimum atomic E-state index is -4.42. The van der Waals surface area contributed by atoms with Gasteiger partial charge in [0.1, 0.15) is 5.75 Å². The van der Waals surface area contributed by atoms with E-state index in [1.54, 1.807) is 19.1 Å². The molecule has 0 radical (unpaired) electrons. The quantitative estimate of drug-likeness (QED) is 0.381. The number of hydrogen-bond donors (Lipinski definition) is 1. The zero-order valence-electron chi connectivity index (χ0n) is 17.2.